The largest absolute Gasteiger partial charge is 0.442 e. The fourth-order valence-corrected chi connectivity index (χ4v) is 0.273. The Morgan fingerprint density at radius 1 is 2.00 bits per heavy atom. The highest BCUT2D eigenvalue weighted by atomic mass is 16.6. The van der Waals surface area contributed by atoms with Gasteiger partial charge in [0.15, 0.2) is 6.23 Å². The van der Waals surface area contributed by atoms with Crippen LogP contribution in [0.25, 0.3) is 0 Å². The fraction of sp³-hybridized carbons (Fsp3) is 0.500. The van der Waals surface area contributed by atoms with E-state index < -0.39 is 6.23 Å². The quantitative estimate of drug-likeness (QED) is 0.415. The molecule has 0 saturated carbocycles. The molecule has 0 aliphatic rings. The van der Waals surface area contributed by atoms with E-state index in [9.17, 15) is 4.79 Å². The molecule has 3 nitrogen and oxygen atoms in total. The summed E-state index contributed by atoms with van der Waals surface area (Å²) in [6.07, 6.45) is 0.661. The van der Waals surface area contributed by atoms with Crippen molar-refractivity contribution in [1.29, 1.82) is 0 Å². The molecule has 0 aliphatic carbocycles. The second-order valence-electron chi connectivity index (χ2n) is 1.50. The first-order valence-electron chi connectivity index (χ1n) is 2.73. The first-order valence-corrected chi connectivity index (χ1v) is 2.73. The van der Waals surface area contributed by atoms with E-state index in [0.717, 1.165) is 0 Å². The van der Waals surface area contributed by atoms with Gasteiger partial charge in [-0.15, -0.1) is 0 Å². The lowest BCUT2D eigenvalue weighted by molar-refractivity contribution is -0.146. The summed E-state index contributed by atoms with van der Waals surface area (Å²) in [7, 11) is 0. The Bertz CT molecular complexity index is 112. The lowest BCUT2D eigenvalue weighted by Crippen LogP contribution is -2.15. The first-order chi connectivity index (χ1) is 4.20. The van der Waals surface area contributed by atoms with Crippen LogP contribution < -0.4 is 5.73 Å². The molecular weight excluding hydrogens is 118 g/mol. The van der Waals surface area contributed by atoms with Crippen LogP contribution in [0.5, 0.6) is 0 Å². The number of rotatable bonds is 3. The molecule has 9 heavy (non-hydrogen) atoms. The number of carbonyl (C=O) groups excluding carboxylic acids is 1. The summed E-state index contributed by atoms with van der Waals surface area (Å²) in [5, 5.41) is 0. The van der Waals surface area contributed by atoms with Gasteiger partial charge in [0, 0.05) is 6.42 Å². The number of esters is 1. The van der Waals surface area contributed by atoms with Gasteiger partial charge in [0.25, 0.3) is 0 Å². The highest BCUT2D eigenvalue weighted by Crippen LogP contribution is 1.89. The molecule has 0 aliphatic heterocycles. The number of carbonyl (C=O) groups is 1. The summed E-state index contributed by atoms with van der Waals surface area (Å²) in [6.45, 7) is 4.96. The maximum Gasteiger partial charge on any atom is 0.307 e. The van der Waals surface area contributed by atoms with Crippen molar-refractivity contribution in [3.8, 4) is 0 Å². The second kappa shape index (κ2) is 4.09. The standard InChI is InChI=1S/C6H10NO2/c1-3-5(7)9-6(8)4-2/h3,5,7H,1,4H2,2H3. The van der Waals surface area contributed by atoms with Crippen molar-refractivity contribution in [3.05, 3.63) is 12.7 Å². The van der Waals surface area contributed by atoms with Gasteiger partial charge < -0.3 is 4.74 Å². The van der Waals surface area contributed by atoms with E-state index >= 15 is 0 Å². The molecule has 3 heteroatoms. The molecule has 0 aromatic heterocycles. The molecule has 1 N–H and O–H groups in total. The Labute approximate surface area is 54.5 Å². The molecule has 0 aromatic rings. The molecule has 0 heterocycles. The van der Waals surface area contributed by atoms with Gasteiger partial charge in [-0.2, -0.15) is 0 Å². The van der Waals surface area contributed by atoms with Gasteiger partial charge in [-0.3, -0.25) is 4.79 Å². The van der Waals surface area contributed by atoms with Crippen LogP contribution in [0.2, 0.25) is 0 Å². The second-order valence-corrected chi connectivity index (χ2v) is 1.50. The van der Waals surface area contributed by atoms with Crippen LogP contribution in [-0.2, 0) is 9.53 Å². The molecule has 1 atom stereocenters. The molecule has 0 fully saturated rings. The summed E-state index contributed by atoms with van der Waals surface area (Å²) >= 11 is 0. The molecule has 0 spiro atoms. The third-order valence-electron chi connectivity index (χ3n) is 0.761. The van der Waals surface area contributed by atoms with Crippen LogP contribution >= 0.6 is 0 Å². The van der Waals surface area contributed by atoms with E-state index in [-0.39, 0.29) is 5.97 Å². The van der Waals surface area contributed by atoms with E-state index in [1.807, 2.05) is 0 Å². The van der Waals surface area contributed by atoms with Gasteiger partial charge in [0.1, 0.15) is 0 Å². The van der Waals surface area contributed by atoms with Crippen molar-refractivity contribution >= 4 is 5.97 Å². The zero-order chi connectivity index (χ0) is 7.28. The third-order valence-corrected chi connectivity index (χ3v) is 0.761. The van der Waals surface area contributed by atoms with Crippen LogP contribution in [0.3, 0.4) is 0 Å². The van der Waals surface area contributed by atoms with Crippen molar-refractivity contribution < 1.29 is 9.53 Å². The summed E-state index contributed by atoms with van der Waals surface area (Å²) in [4.78, 5) is 10.4. The third kappa shape index (κ3) is 3.73. The number of nitrogens with one attached hydrogen (secondary N) is 1. The van der Waals surface area contributed by atoms with Gasteiger partial charge in [-0.05, 0) is 6.08 Å². The summed E-state index contributed by atoms with van der Waals surface area (Å²) in [5.74, 6) is -0.366. The zero-order valence-corrected chi connectivity index (χ0v) is 5.39. The van der Waals surface area contributed by atoms with Crippen molar-refractivity contribution in [2.45, 2.75) is 19.6 Å². The Morgan fingerprint density at radius 2 is 2.56 bits per heavy atom. The summed E-state index contributed by atoms with van der Waals surface area (Å²) in [6, 6.07) is 0. The maximum atomic E-state index is 10.4. The van der Waals surface area contributed by atoms with Gasteiger partial charge in [0.2, 0.25) is 0 Å². The molecule has 0 amide bonds. The molecule has 1 unspecified atom stereocenters. The fourth-order valence-electron chi connectivity index (χ4n) is 0.273. The minimum absolute atomic E-state index is 0.309. The molecule has 0 saturated heterocycles. The lowest BCUT2D eigenvalue weighted by Gasteiger charge is -2.04. The predicted molar refractivity (Wildman–Crippen MR) is 33.5 cm³/mol. The Hall–Kier alpha value is -0.830. The molecule has 51 valence electrons. The van der Waals surface area contributed by atoms with Crippen LogP contribution in [0.4, 0.5) is 0 Å². The van der Waals surface area contributed by atoms with Crippen LogP contribution in [0.15, 0.2) is 12.7 Å². The Morgan fingerprint density at radius 3 is 2.89 bits per heavy atom. The zero-order valence-electron chi connectivity index (χ0n) is 5.39. The minimum Gasteiger partial charge on any atom is -0.442 e. The van der Waals surface area contributed by atoms with Crippen LogP contribution in [0.1, 0.15) is 13.3 Å². The topological polar surface area (TPSA) is 50.1 Å². The number of hydrogen-bond donors (Lipinski definition) is 0. The Balaban J connectivity index is 3.46. The smallest absolute Gasteiger partial charge is 0.307 e. The number of hydrogen-bond acceptors (Lipinski definition) is 2. The van der Waals surface area contributed by atoms with Crippen molar-refractivity contribution in [3.63, 3.8) is 0 Å². The van der Waals surface area contributed by atoms with E-state index in [2.05, 4.69) is 11.3 Å². The molecule has 1 radical (unpaired) electrons. The predicted octanol–water partition coefficient (Wildman–Crippen LogP) is 0.735. The van der Waals surface area contributed by atoms with Gasteiger partial charge in [-0.25, -0.2) is 5.73 Å². The summed E-state index contributed by atoms with van der Waals surface area (Å²) in [5.41, 5.74) is 6.89. The molecule has 0 aromatic carbocycles. The van der Waals surface area contributed by atoms with Gasteiger partial charge >= 0.3 is 5.97 Å². The highest BCUT2D eigenvalue weighted by Gasteiger charge is 2.01. The monoisotopic (exact) mass is 128 g/mol. The molecule has 0 rings (SSSR count). The van der Waals surface area contributed by atoms with E-state index in [0.29, 0.717) is 6.42 Å². The van der Waals surface area contributed by atoms with Gasteiger partial charge in [-0.1, -0.05) is 13.5 Å². The van der Waals surface area contributed by atoms with Gasteiger partial charge in [0.05, 0.1) is 0 Å². The Kier molecular flexibility index (Phi) is 3.71. The highest BCUT2D eigenvalue weighted by molar-refractivity contribution is 5.69. The number of ether oxygens (including phenoxy) is 1. The van der Waals surface area contributed by atoms with E-state index in [1.165, 1.54) is 6.08 Å². The van der Waals surface area contributed by atoms with E-state index in [1.54, 1.807) is 6.92 Å². The van der Waals surface area contributed by atoms with Crippen molar-refractivity contribution in [1.82, 2.24) is 5.73 Å². The summed E-state index contributed by atoms with van der Waals surface area (Å²) < 4.78 is 4.46. The maximum absolute atomic E-state index is 10.4. The van der Waals surface area contributed by atoms with E-state index in [4.69, 9.17) is 5.73 Å². The van der Waals surface area contributed by atoms with Crippen LogP contribution in [0, 0.1) is 0 Å². The van der Waals surface area contributed by atoms with Crippen molar-refractivity contribution in [2.75, 3.05) is 0 Å². The SMILES string of the molecule is C=CC([NH])OC(=O)CC. The van der Waals surface area contributed by atoms with Crippen LogP contribution in [-0.4, -0.2) is 12.2 Å². The molecule has 0 bridgehead atoms. The average molecular weight is 128 g/mol. The lowest BCUT2D eigenvalue weighted by atomic mass is 10.5. The average Bonchev–Trinajstić information content (AvgIpc) is 1.87. The first kappa shape index (κ1) is 8.17. The molecular formula is C6H10NO2. The normalized spacial score (nSPS) is 12.2. The van der Waals surface area contributed by atoms with Crippen molar-refractivity contribution in [2.24, 2.45) is 0 Å². The minimum atomic E-state index is -0.905.